The Morgan fingerprint density at radius 2 is 1.84 bits per heavy atom. The molecule has 0 aromatic heterocycles. The highest BCUT2D eigenvalue weighted by molar-refractivity contribution is 7.92. The number of halogens is 2. The Balaban J connectivity index is 2.50. The summed E-state index contributed by atoms with van der Waals surface area (Å²) in [6.45, 7) is 0. The van der Waals surface area contributed by atoms with Gasteiger partial charge in [0, 0.05) is 7.05 Å². The maximum absolute atomic E-state index is 13.8. The minimum Gasteiger partial charge on any atom is -0.494 e. The first kappa shape index (κ1) is 19.0. The van der Waals surface area contributed by atoms with Crippen LogP contribution in [0.15, 0.2) is 41.3 Å². The van der Waals surface area contributed by atoms with Gasteiger partial charge >= 0.3 is 5.97 Å². The smallest absolute Gasteiger partial charge is 0.337 e. The molecule has 2 rings (SSSR count). The second-order valence-corrected chi connectivity index (χ2v) is 7.30. The van der Waals surface area contributed by atoms with Crippen LogP contribution >= 0.6 is 11.6 Å². The highest BCUT2D eigenvalue weighted by Crippen LogP contribution is 2.31. The Hall–Kier alpha value is -2.32. The third-order valence-electron chi connectivity index (χ3n) is 3.49. The molecule has 0 saturated heterocycles. The van der Waals surface area contributed by atoms with Gasteiger partial charge in [-0.2, -0.15) is 0 Å². The van der Waals surface area contributed by atoms with Gasteiger partial charge in [0.1, 0.15) is 0 Å². The van der Waals surface area contributed by atoms with Crippen LogP contribution in [0.25, 0.3) is 0 Å². The quantitative estimate of drug-likeness (QED) is 0.737. The number of carbonyl (C=O) groups is 1. The topological polar surface area (TPSA) is 72.9 Å². The van der Waals surface area contributed by atoms with Crippen molar-refractivity contribution >= 4 is 33.3 Å². The number of nitrogens with zero attached hydrogens (tertiary/aromatic N) is 1. The SMILES string of the molecule is COC(=O)c1ccc(Cl)c(N(C)S(=O)(=O)c2ccc(OC)c(F)c2)c1. The van der Waals surface area contributed by atoms with Crippen molar-refractivity contribution in [2.45, 2.75) is 4.90 Å². The molecule has 2 aromatic carbocycles. The molecule has 0 spiro atoms. The molecule has 134 valence electrons. The van der Waals surface area contributed by atoms with Gasteiger partial charge in [-0.3, -0.25) is 4.31 Å². The summed E-state index contributed by atoms with van der Waals surface area (Å²) in [5.74, 6) is -1.53. The zero-order valence-corrected chi connectivity index (χ0v) is 15.2. The van der Waals surface area contributed by atoms with E-state index in [4.69, 9.17) is 16.3 Å². The Morgan fingerprint density at radius 1 is 1.16 bits per heavy atom. The summed E-state index contributed by atoms with van der Waals surface area (Å²) in [4.78, 5) is 11.4. The Bertz CT molecular complexity index is 917. The van der Waals surface area contributed by atoms with Gasteiger partial charge in [0.05, 0.1) is 35.4 Å². The number of anilines is 1. The number of hydrogen-bond acceptors (Lipinski definition) is 5. The van der Waals surface area contributed by atoms with E-state index in [-0.39, 0.29) is 26.9 Å². The molecule has 0 unspecified atom stereocenters. The van der Waals surface area contributed by atoms with Crippen molar-refractivity contribution in [1.29, 1.82) is 0 Å². The van der Waals surface area contributed by atoms with E-state index in [1.807, 2.05) is 0 Å². The zero-order valence-electron chi connectivity index (χ0n) is 13.6. The number of benzene rings is 2. The average Bonchev–Trinajstić information content (AvgIpc) is 2.60. The summed E-state index contributed by atoms with van der Waals surface area (Å²) in [6, 6.07) is 7.34. The summed E-state index contributed by atoms with van der Waals surface area (Å²) in [5.41, 5.74) is 0.186. The number of methoxy groups -OCH3 is 2. The van der Waals surface area contributed by atoms with E-state index < -0.39 is 21.8 Å². The molecule has 25 heavy (non-hydrogen) atoms. The molecule has 0 fully saturated rings. The van der Waals surface area contributed by atoms with Crippen LogP contribution in [0.3, 0.4) is 0 Å². The van der Waals surface area contributed by atoms with Gasteiger partial charge in [0.25, 0.3) is 10.0 Å². The lowest BCUT2D eigenvalue weighted by atomic mass is 10.2. The molecule has 0 heterocycles. The Kier molecular flexibility index (Phi) is 5.54. The predicted molar refractivity (Wildman–Crippen MR) is 91.3 cm³/mol. The zero-order chi connectivity index (χ0) is 18.8. The average molecular weight is 388 g/mol. The van der Waals surface area contributed by atoms with Crippen molar-refractivity contribution in [2.24, 2.45) is 0 Å². The number of hydrogen-bond donors (Lipinski definition) is 0. The molecule has 9 heteroatoms. The van der Waals surface area contributed by atoms with Crippen molar-refractivity contribution in [3.63, 3.8) is 0 Å². The van der Waals surface area contributed by atoms with E-state index >= 15 is 0 Å². The largest absolute Gasteiger partial charge is 0.494 e. The van der Waals surface area contributed by atoms with Gasteiger partial charge in [-0.1, -0.05) is 11.6 Å². The number of carbonyl (C=O) groups excluding carboxylic acids is 1. The van der Waals surface area contributed by atoms with E-state index in [1.165, 1.54) is 51.6 Å². The molecule has 0 N–H and O–H groups in total. The van der Waals surface area contributed by atoms with E-state index in [0.717, 1.165) is 10.4 Å². The van der Waals surface area contributed by atoms with Crippen molar-refractivity contribution < 1.29 is 27.1 Å². The van der Waals surface area contributed by atoms with Crippen LogP contribution in [0.1, 0.15) is 10.4 Å². The summed E-state index contributed by atoms with van der Waals surface area (Å²) in [6.07, 6.45) is 0. The van der Waals surface area contributed by atoms with Gasteiger partial charge in [0.15, 0.2) is 11.6 Å². The summed E-state index contributed by atoms with van der Waals surface area (Å²) in [7, 11) is -0.380. The molecular formula is C16H15ClFNO5S. The molecule has 0 atom stereocenters. The molecule has 2 aromatic rings. The fourth-order valence-electron chi connectivity index (χ4n) is 2.09. The van der Waals surface area contributed by atoms with Gasteiger partial charge in [-0.15, -0.1) is 0 Å². The van der Waals surface area contributed by atoms with Crippen molar-refractivity contribution in [3.8, 4) is 5.75 Å². The minimum atomic E-state index is -4.11. The third kappa shape index (κ3) is 3.69. The van der Waals surface area contributed by atoms with E-state index in [0.29, 0.717) is 0 Å². The standard InChI is InChI=1S/C16H15ClFNO5S/c1-19(14-8-10(16(20)24-3)4-6-12(14)17)25(21,22)11-5-7-15(23-2)13(18)9-11/h4-9H,1-3H3. The molecule has 0 saturated carbocycles. The van der Waals surface area contributed by atoms with Gasteiger partial charge in [-0.25, -0.2) is 17.6 Å². The summed E-state index contributed by atoms with van der Waals surface area (Å²) in [5, 5.41) is 0.104. The lowest BCUT2D eigenvalue weighted by Crippen LogP contribution is -2.27. The Labute approximate surface area is 149 Å². The number of sulfonamides is 1. The summed E-state index contributed by atoms with van der Waals surface area (Å²) < 4.78 is 49.6. The fraction of sp³-hybridized carbons (Fsp3) is 0.188. The van der Waals surface area contributed by atoms with Crippen LogP contribution in [-0.4, -0.2) is 35.7 Å². The van der Waals surface area contributed by atoms with Crippen LogP contribution in [-0.2, 0) is 14.8 Å². The van der Waals surface area contributed by atoms with Crippen LogP contribution in [0.2, 0.25) is 5.02 Å². The molecule has 6 nitrogen and oxygen atoms in total. The summed E-state index contributed by atoms with van der Waals surface area (Å²) >= 11 is 6.06. The molecule has 0 aliphatic heterocycles. The highest BCUT2D eigenvalue weighted by Gasteiger charge is 2.25. The predicted octanol–water partition coefficient (Wildman–Crippen LogP) is 3.10. The second-order valence-electron chi connectivity index (χ2n) is 4.93. The Morgan fingerprint density at radius 3 is 2.40 bits per heavy atom. The van der Waals surface area contributed by atoms with E-state index in [9.17, 15) is 17.6 Å². The first-order valence-electron chi connectivity index (χ1n) is 6.92. The third-order valence-corrected chi connectivity index (χ3v) is 5.58. The molecule has 0 aliphatic rings. The normalized spacial score (nSPS) is 11.1. The van der Waals surface area contributed by atoms with Crippen molar-refractivity contribution in [3.05, 3.63) is 52.8 Å². The van der Waals surface area contributed by atoms with Crippen molar-refractivity contribution in [1.82, 2.24) is 0 Å². The first-order valence-corrected chi connectivity index (χ1v) is 8.74. The fourth-order valence-corrected chi connectivity index (χ4v) is 3.61. The number of esters is 1. The highest BCUT2D eigenvalue weighted by atomic mass is 35.5. The maximum atomic E-state index is 13.8. The lowest BCUT2D eigenvalue weighted by Gasteiger charge is -2.21. The van der Waals surface area contributed by atoms with Crippen molar-refractivity contribution in [2.75, 3.05) is 25.6 Å². The second kappa shape index (κ2) is 7.28. The van der Waals surface area contributed by atoms with Crippen LogP contribution in [0.5, 0.6) is 5.75 Å². The molecular weight excluding hydrogens is 373 g/mol. The lowest BCUT2D eigenvalue weighted by molar-refractivity contribution is 0.0600. The van der Waals surface area contributed by atoms with Gasteiger partial charge in [0.2, 0.25) is 0 Å². The van der Waals surface area contributed by atoms with E-state index in [1.54, 1.807) is 0 Å². The molecule has 0 bridgehead atoms. The first-order chi connectivity index (χ1) is 11.7. The number of rotatable bonds is 5. The van der Waals surface area contributed by atoms with Gasteiger partial charge in [-0.05, 0) is 36.4 Å². The molecule has 0 amide bonds. The van der Waals surface area contributed by atoms with Crippen LogP contribution in [0, 0.1) is 5.82 Å². The minimum absolute atomic E-state index is 0.0563. The van der Waals surface area contributed by atoms with E-state index in [2.05, 4.69) is 4.74 Å². The number of ether oxygens (including phenoxy) is 2. The maximum Gasteiger partial charge on any atom is 0.337 e. The van der Waals surface area contributed by atoms with Crippen LogP contribution in [0.4, 0.5) is 10.1 Å². The molecule has 0 aliphatic carbocycles. The van der Waals surface area contributed by atoms with Gasteiger partial charge < -0.3 is 9.47 Å². The van der Waals surface area contributed by atoms with Crippen LogP contribution < -0.4 is 9.04 Å². The molecule has 0 radical (unpaired) electrons. The monoisotopic (exact) mass is 387 g/mol.